The molecule has 1 aromatic heterocycles. The Morgan fingerprint density at radius 3 is 2.94 bits per heavy atom. The van der Waals surface area contributed by atoms with E-state index in [4.69, 9.17) is 5.73 Å². The van der Waals surface area contributed by atoms with E-state index in [1.807, 2.05) is 24.4 Å². The summed E-state index contributed by atoms with van der Waals surface area (Å²) >= 11 is 1.65. The van der Waals surface area contributed by atoms with Crippen LogP contribution >= 0.6 is 11.3 Å². The molecule has 0 spiro atoms. The SMILES string of the molecule is CCCCC(N)C(=O)N[C@H](C)c1cccs1. The van der Waals surface area contributed by atoms with E-state index in [0.717, 1.165) is 24.1 Å². The maximum atomic E-state index is 11.7. The van der Waals surface area contributed by atoms with Crippen molar-refractivity contribution in [3.63, 3.8) is 0 Å². The predicted molar refractivity (Wildman–Crippen MR) is 68.4 cm³/mol. The molecule has 0 saturated carbocycles. The van der Waals surface area contributed by atoms with E-state index in [2.05, 4.69) is 12.2 Å². The molecular weight excluding hydrogens is 220 g/mol. The van der Waals surface area contributed by atoms with Gasteiger partial charge in [-0.2, -0.15) is 0 Å². The van der Waals surface area contributed by atoms with Crippen LogP contribution in [0, 0.1) is 0 Å². The summed E-state index contributed by atoms with van der Waals surface area (Å²) in [5.41, 5.74) is 5.80. The molecule has 0 radical (unpaired) electrons. The highest BCUT2D eigenvalue weighted by molar-refractivity contribution is 7.10. The van der Waals surface area contributed by atoms with Crippen molar-refractivity contribution < 1.29 is 4.79 Å². The van der Waals surface area contributed by atoms with Crippen LogP contribution in [0.4, 0.5) is 0 Å². The number of thiophene rings is 1. The molecule has 3 N–H and O–H groups in total. The lowest BCUT2D eigenvalue weighted by molar-refractivity contribution is -0.123. The molecule has 1 unspecified atom stereocenters. The fraction of sp³-hybridized carbons (Fsp3) is 0.583. The maximum absolute atomic E-state index is 11.7. The zero-order valence-electron chi connectivity index (χ0n) is 9.90. The lowest BCUT2D eigenvalue weighted by atomic mass is 10.1. The average molecular weight is 240 g/mol. The second-order valence-corrected chi connectivity index (χ2v) is 4.97. The molecule has 0 aliphatic carbocycles. The van der Waals surface area contributed by atoms with Gasteiger partial charge in [0.15, 0.2) is 0 Å². The number of unbranched alkanes of at least 4 members (excludes halogenated alkanes) is 1. The van der Waals surface area contributed by atoms with Crippen molar-refractivity contribution in [2.75, 3.05) is 0 Å². The minimum absolute atomic E-state index is 0.0469. The Balaban J connectivity index is 2.39. The van der Waals surface area contributed by atoms with Crippen LogP contribution in [0.15, 0.2) is 17.5 Å². The molecule has 1 amide bonds. The first-order valence-electron chi connectivity index (χ1n) is 5.74. The monoisotopic (exact) mass is 240 g/mol. The lowest BCUT2D eigenvalue weighted by Crippen LogP contribution is -2.41. The van der Waals surface area contributed by atoms with E-state index in [0.29, 0.717) is 0 Å². The summed E-state index contributed by atoms with van der Waals surface area (Å²) in [6.45, 7) is 4.08. The van der Waals surface area contributed by atoms with E-state index < -0.39 is 0 Å². The molecule has 0 bridgehead atoms. The van der Waals surface area contributed by atoms with Crippen LogP contribution < -0.4 is 11.1 Å². The maximum Gasteiger partial charge on any atom is 0.237 e. The van der Waals surface area contributed by atoms with Crippen LogP contribution in [-0.2, 0) is 4.79 Å². The van der Waals surface area contributed by atoms with Crippen LogP contribution in [0.25, 0.3) is 0 Å². The third-order valence-corrected chi connectivity index (χ3v) is 3.59. The van der Waals surface area contributed by atoms with E-state index in [1.165, 1.54) is 0 Å². The van der Waals surface area contributed by atoms with Gasteiger partial charge in [0.05, 0.1) is 12.1 Å². The van der Waals surface area contributed by atoms with Crippen LogP contribution in [-0.4, -0.2) is 11.9 Å². The Bertz CT molecular complexity index is 311. The quantitative estimate of drug-likeness (QED) is 0.802. The molecule has 0 aromatic carbocycles. The van der Waals surface area contributed by atoms with Gasteiger partial charge in [-0.25, -0.2) is 0 Å². The van der Waals surface area contributed by atoms with E-state index in [-0.39, 0.29) is 18.0 Å². The van der Waals surface area contributed by atoms with Crippen LogP contribution in [0.5, 0.6) is 0 Å². The Morgan fingerprint density at radius 2 is 2.38 bits per heavy atom. The van der Waals surface area contributed by atoms with Gasteiger partial charge < -0.3 is 11.1 Å². The minimum atomic E-state index is -0.373. The average Bonchev–Trinajstić information content (AvgIpc) is 2.79. The van der Waals surface area contributed by atoms with Gasteiger partial charge in [0.1, 0.15) is 0 Å². The van der Waals surface area contributed by atoms with Gasteiger partial charge in [-0.3, -0.25) is 4.79 Å². The molecule has 0 fully saturated rings. The number of rotatable bonds is 6. The highest BCUT2D eigenvalue weighted by atomic mass is 32.1. The summed E-state index contributed by atoms with van der Waals surface area (Å²) in [7, 11) is 0. The highest BCUT2D eigenvalue weighted by Gasteiger charge is 2.16. The molecule has 1 rings (SSSR count). The molecule has 0 saturated heterocycles. The second-order valence-electron chi connectivity index (χ2n) is 3.99. The molecule has 3 nitrogen and oxygen atoms in total. The Labute approximate surface area is 101 Å². The second kappa shape index (κ2) is 6.66. The number of carbonyl (C=O) groups excluding carboxylic acids is 1. The molecule has 1 aromatic rings. The van der Waals surface area contributed by atoms with Gasteiger partial charge in [-0.15, -0.1) is 11.3 Å². The molecule has 0 aliphatic rings. The largest absolute Gasteiger partial charge is 0.347 e. The Morgan fingerprint density at radius 1 is 1.62 bits per heavy atom. The summed E-state index contributed by atoms with van der Waals surface area (Å²) in [5, 5.41) is 4.95. The third-order valence-electron chi connectivity index (χ3n) is 2.53. The van der Waals surface area contributed by atoms with Crippen molar-refractivity contribution in [3.05, 3.63) is 22.4 Å². The third kappa shape index (κ3) is 3.94. The summed E-state index contributed by atoms with van der Waals surface area (Å²) in [4.78, 5) is 12.9. The summed E-state index contributed by atoms with van der Waals surface area (Å²) in [6, 6.07) is 3.69. The fourth-order valence-corrected chi connectivity index (χ4v) is 2.22. The minimum Gasteiger partial charge on any atom is -0.347 e. The molecular formula is C12H20N2OS. The molecule has 4 heteroatoms. The van der Waals surface area contributed by atoms with Gasteiger partial charge in [-0.1, -0.05) is 25.8 Å². The zero-order valence-corrected chi connectivity index (χ0v) is 10.7. The number of hydrogen-bond acceptors (Lipinski definition) is 3. The zero-order chi connectivity index (χ0) is 12.0. The predicted octanol–water partition coefficient (Wildman–Crippen LogP) is 2.44. The van der Waals surface area contributed by atoms with Crippen LogP contribution in [0.3, 0.4) is 0 Å². The van der Waals surface area contributed by atoms with Crippen molar-refractivity contribution >= 4 is 17.2 Å². The van der Waals surface area contributed by atoms with E-state index in [9.17, 15) is 4.79 Å². The molecule has 0 aliphatic heterocycles. The standard InChI is InChI=1S/C12H20N2OS/c1-3-4-6-10(13)12(15)14-9(2)11-7-5-8-16-11/h5,7-10H,3-4,6,13H2,1-2H3,(H,14,15)/t9-,10?/m1/s1. The first-order valence-corrected chi connectivity index (χ1v) is 6.62. The number of amides is 1. The van der Waals surface area contributed by atoms with Crippen LogP contribution in [0.2, 0.25) is 0 Å². The van der Waals surface area contributed by atoms with Gasteiger partial charge in [-0.05, 0) is 24.8 Å². The van der Waals surface area contributed by atoms with E-state index in [1.54, 1.807) is 11.3 Å². The normalized spacial score (nSPS) is 14.4. The van der Waals surface area contributed by atoms with Gasteiger partial charge in [0.25, 0.3) is 0 Å². The molecule has 16 heavy (non-hydrogen) atoms. The van der Waals surface area contributed by atoms with E-state index >= 15 is 0 Å². The lowest BCUT2D eigenvalue weighted by Gasteiger charge is -2.16. The summed E-state index contributed by atoms with van der Waals surface area (Å²) < 4.78 is 0. The highest BCUT2D eigenvalue weighted by Crippen LogP contribution is 2.18. The Kier molecular flexibility index (Phi) is 5.49. The topological polar surface area (TPSA) is 55.1 Å². The Hall–Kier alpha value is -0.870. The molecule has 1 heterocycles. The van der Waals surface area contributed by atoms with Gasteiger partial charge in [0, 0.05) is 4.88 Å². The number of nitrogens with two attached hydrogens (primary N) is 1. The van der Waals surface area contributed by atoms with Crippen molar-refractivity contribution in [2.24, 2.45) is 5.73 Å². The van der Waals surface area contributed by atoms with Crippen molar-refractivity contribution in [2.45, 2.75) is 45.2 Å². The molecule has 90 valence electrons. The van der Waals surface area contributed by atoms with Crippen molar-refractivity contribution in [1.82, 2.24) is 5.32 Å². The smallest absolute Gasteiger partial charge is 0.237 e. The van der Waals surface area contributed by atoms with Gasteiger partial charge in [0.2, 0.25) is 5.91 Å². The molecule has 2 atom stereocenters. The summed E-state index contributed by atoms with van der Waals surface area (Å²) in [6.07, 6.45) is 2.84. The van der Waals surface area contributed by atoms with Gasteiger partial charge >= 0.3 is 0 Å². The van der Waals surface area contributed by atoms with Crippen molar-refractivity contribution in [1.29, 1.82) is 0 Å². The first kappa shape index (κ1) is 13.2. The fourth-order valence-electron chi connectivity index (χ4n) is 1.48. The number of carbonyl (C=O) groups is 1. The summed E-state index contributed by atoms with van der Waals surface area (Å²) in [5.74, 6) is -0.0469. The number of nitrogens with one attached hydrogen (secondary N) is 1. The van der Waals surface area contributed by atoms with Crippen molar-refractivity contribution in [3.8, 4) is 0 Å². The number of hydrogen-bond donors (Lipinski definition) is 2. The first-order chi connectivity index (χ1) is 7.65. The van der Waals surface area contributed by atoms with Crippen LogP contribution in [0.1, 0.15) is 44.0 Å².